The number of aliphatic hydroxyl groups is 1. The molecule has 0 aromatic heterocycles. The van der Waals surface area contributed by atoms with E-state index in [9.17, 15) is 5.11 Å². The van der Waals surface area contributed by atoms with E-state index in [4.69, 9.17) is 0 Å². The van der Waals surface area contributed by atoms with Crippen molar-refractivity contribution in [2.45, 2.75) is 71.3 Å². The van der Waals surface area contributed by atoms with Gasteiger partial charge in [-0.05, 0) is 81.5 Å². The number of aliphatic hydroxyl groups excluding tert-OH is 1. The minimum atomic E-state index is -0.0707. The predicted octanol–water partition coefficient (Wildman–Crippen LogP) is 4.62. The Kier molecular flexibility index (Phi) is 2.93. The van der Waals surface area contributed by atoms with Crippen molar-refractivity contribution in [1.29, 1.82) is 0 Å². The van der Waals surface area contributed by atoms with Gasteiger partial charge in [0.2, 0.25) is 0 Å². The lowest BCUT2D eigenvalue weighted by molar-refractivity contribution is 0.0240. The molecule has 0 spiro atoms. The van der Waals surface area contributed by atoms with Crippen LogP contribution in [-0.4, -0.2) is 11.2 Å². The third kappa shape index (κ3) is 1.71. The van der Waals surface area contributed by atoms with Gasteiger partial charge in [-0.15, -0.1) is 0 Å². The molecule has 5 atom stereocenters. The molecule has 2 saturated carbocycles. The second-order valence-corrected chi connectivity index (χ2v) is 8.04. The third-order valence-electron chi connectivity index (χ3n) is 7.23. The Morgan fingerprint density at radius 1 is 1.20 bits per heavy atom. The maximum absolute atomic E-state index is 10.00. The van der Waals surface area contributed by atoms with Crippen LogP contribution in [0.2, 0.25) is 0 Å². The van der Waals surface area contributed by atoms with Gasteiger partial charge in [0.1, 0.15) is 0 Å². The second-order valence-electron chi connectivity index (χ2n) is 8.04. The van der Waals surface area contributed by atoms with E-state index in [1.807, 2.05) is 5.57 Å². The molecule has 0 radical (unpaired) electrons. The highest BCUT2D eigenvalue weighted by molar-refractivity contribution is 5.30. The molecular formula is C19H28O. The van der Waals surface area contributed by atoms with E-state index >= 15 is 0 Å². The summed E-state index contributed by atoms with van der Waals surface area (Å²) in [6, 6.07) is 0. The summed E-state index contributed by atoms with van der Waals surface area (Å²) in [5.74, 6) is 2.69. The fourth-order valence-electron chi connectivity index (χ4n) is 6.05. The summed E-state index contributed by atoms with van der Waals surface area (Å²) in [7, 11) is 0. The Bertz CT molecular complexity index is 486. The molecule has 0 aliphatic heterocycles. The van der Waals surface area contributed by atoms with Crippen LogP contribution in [-0.2, 0) is 0 Å². The molecule has 1 nitrogen and oxygen atoms in total. The largest absolute Gasteiger partial charge is 0.393 e. The van der Waals surface area contributed by atoms with Crippen LogP contribution in [0.15, 0.2) is 22.8 Å². The van der Waals surface area contributed by atoms with Crippen LogP contribution in [0.4, 0.5) is 0 Å². The number of rotatable bonds is 0. The molecule has 0 bridgehead atoms. The quantitative estimate of drug-likeness (QED) is 0.638. The average molecular weight is 272 g/mol. The van der Waals surface area contributed by atoms with Gasteiger partial charge >= 0.3 is 0 Å². The van der Waals surface area contributed by atoms with Gasteiger partial charge in [-0.1, -0.05) is 29.7 Å². The Balaban J connectivity index is 1.69. The van der Waals surface area contributed by atoms with Crippen LogP contribution in [0.3, 0.4) is 0 Å². The minimum absolute atomic E-state index is 0.0707. The molecule has 4 aliphatic carbocycles. The van der Waals surface area contributed by atoms with Gasteiger partial charge in [-0.3, -0.25) is 0 Å². The van der Waals surface area contributed by atoms with Crippen molar-refractivity contribution >= 4 is 0 Å². The van der Waals surface area contributed by atoms with Crippen LogP contribution < -0.4 is 0 Å². The molecule has 0 aromatic rings. The van der Waals surface area contributed by atoms with Gasteiger partial charge in [0.15, 0.2) is 0 Å². The van der Waals surface area contributed by atoms with Crippen molar-refractivity contribution in [3.63, 3.8) is 0 Å². The van der Waals surface area contributed by atoms with Gasteiger partial charge in [0, 0.05) is 0 Å². The fourth-order valence-corrected chi connectivity index (χ4v) is 6.05. The van der Waals surface area contributed by atoms with Crippen molar-refractivity contribution in [3.8, 4) is 0 Å². The lowest BCUT2D eigenvalue weighted by atomic mass is 9.51. The van der Waals surface area contributed by atoms with Crippen molar-refractivity contribution in [3.05, 3.63) is 22.8 Å². The Labute approximate surface area is 123 Å². The van der Waals surface area contributed by atoms with E-state index in [1.54, 1.807) is 11.1 Å². The van der Waals surface area contributed by atoms with Crippen LogP contribution in [0, 0.1) is 23.2 Å². The summed E-state index contributed by atoms with van der Waals surface area (Å²) in [6.45, 7) is 4.89. The number of hydrogen-bond donors (Lipinski definition) is 1. The van der Waals surface area contributed by atoms with E-state index < -0.39 is 0 Å². The van der Waals surface area contributed by atoms with E-state index in [2.05, 4.69) is 19.9 Å². The summed E-state index contributed by atoms with van der Waals surface area (Å²) in [5.41, 5.74) is 5.55. The summed E-state index contributed by atoms with van der Waals surface area (Å²) in [6.07, 6.45) is 12.5. The number of fused-ring (bicyclic) bond motifs is 5. The zero-order chi connectivity index (χ0) is 13.9. The summed E-state index contributed by atoms with van der Waals surface area (Å²) >= 11 is 0. The smallest absolute Gasteiger partial charge is 0.0577 e. The Hall–Kier alpha value is -0.560. The SMILES string of the molecule is CC1=C2CCC3C(CC=C4C[C@@H](O)CC[C@@]43C)C2CC1. The van der Waals surface area contributed by atoms with Crippen LogP contribution >= 0.6 is 0 Å². The molecule has 4 rings (SSSR count). The molecule has 4 aliphatic rings. The van der Waals surface area contributed by atoms with E-state index in [0.29, 0.717) is 5.41 Å². The highest BCUT2D eigenvalue weighted by Gasteiger charge is 2.51. The van der Waals surface area contributed by atoms with Gasteiger partial charge in [-0.2, -0.15) is 0 Å². The zero-order valence-corrected chi connectivity index (χ0v) is 13.0. The van der Waals surface area contributed by atoms with Gasteiger partial charge in [0.05, 0.1) is 6.10 Å². The monoisotopic (exact) mass is 272 g/mol. The highest BCUT2D eigenvalue weighted by atomic mass is 16.3. The zero-order valence-electron chi connectivity index (χ0n) is 13.0. The lowest BCUT2D eigenvalue weighted by Crippen LogP contribution is -2.46. The third-order valence-corrected chi connectivity index (χ3v) is 7.23. The van der Waals surface area contributed by atoms with Gasteiger partial charge < -0.3 is 5.11 Å². The van der Waals surface area contributed by atoms with Crippen LogP contribution in [0.25, 0.3) is 0 Å². The topological polar surface area (TPSA) is 20.2 Å². The average Bonchev–Trinajstić information content (AvgIpc) is 2.82. The molecule has 0 heterocycles. The summed E-state index contributed by atoms with van der Waals surface area (Å²) in [5, 5.41) is 10.00. The first-order valence-electron chi connectivity index (χ1n) is 8.65. The molecular weight excluding hydrogens is 244 g/mol. The van der Waals surface area contributed by atoms with Gasteiger partial charge in [-0.25, -0.2) is 0 Å². The molecule has 1 N–H and O–H groups in total. The second kappa shape index (κ2) is 4.47. The number of hydrogen-bond acceptors (Lipinski definition) is 1. The Morgan fingerprint density at radius 2 is 2.05 bits per heavy atom. The molecule has 20 heavy (non-hydrogen) atoms. The van der Waals surface area contributed by atoms with E-state index in [0.717, 1.165) is 30.6 Å². The van der Waals surface area contributed by atoms with Crippen molar-refractivity contribution in [2.24, 2.45) is 23.2 Å². The van der Waals surface area contributed by atoms with Gasteiger partial charge in [0.25, 0.3) is 0 Å². The Morgan fingerprint density at radius 3 is 2.90 bits per heavy atom. The maximum atomic E-state index is 10.00. The molecule has 110 valence electrons. The molecule has 2 fully saturated rings. The van der Waals surface area contributed by atoms with Crippen molar-refractivity contribution < 1.29 is 5.11 Å². The molecule has 1 heteroatoms. The van der Waals surface area contributed by atoms with Crippen molar-refractivity contribution in [1.82, 2.24) is 0 Å². The summed E-state index contributed by atoms with van der Waals surface area (Å²) < 4.78 is 0. The van der Waals surface area contributed by atoms with E-state index in [-0.39, 0.29) is 6.10 Å². The standard InChI is InChI=1S/C19H28O/c1-12-3-5-16-15(12)7-8-18-17(16)6-4-13-11-14(20)9-10-19(13,18)2/h4,14,16-18,20H,3,5-11H2,1-2H3/t14-,16?,17?,18?,19-/m0/s1. The predicted molar refractivity (Wildman–Crippen MR) is 82.3 cm³/mol. The fraction of sp³-hybridized carbons (Fsp3) is 0.789. The first-order valence-corrected chi connectivity index (χ1v) is 8.65. The van der Waals surface area contributed by atoms with Crippen molar-refractivity contribution in [2.75, 3.05) is 0 Å². The molecule has 0 aromatic carbocycles. The normalized spacial score (nSPS) is 47.5. The number of allylic oxidation sites excluding steroid dienone is 3. The van der Waals surface area contributed by atoms with Crippen LogP contribution in [0.1, 0.15) is 65.2 Å². The van der Waals surface area contributed by atoms with Crippen LogP contribution in [0.5, 0.6) is 0 Å². The molecule has 0 saturated heterocycles. The lowest BCUT2D eigenvalue weighted by Gasteiger charge is -2.54. The molecule has 0 amide bonds. The molecule has 3 unspecified atom stereocenters. The maximum Gasteiger partial charge on any atom is 0.0577 e. The first-order chi connectivity index (χ1) is 9.59. The highest BCUT2D eigenvalue weighted by Crippen LogP contribution is 2.60. The minimum Gasteiger partial charge on any atom is -0.393 e. The summed E-state index contributed by atoms with van der Waals surface area (Å²) in [4.78, 5) is 0. The van der Waals surface area contributed by atoms with E-state index in [1.165, 1.54) is 38.5 Å². The first kappa shape index (κ1) is 13.1.